The molecule has 0 amide bonds. The SMILES string of the molecule is CN1C2=CC(OCc3ccc(Cl)c(F)c3)=NCN2CC1(C)C. The van der Waals surface area contributed by atoms with Crippen molar-refractivity contribution in [3.8, 4) is 0 Å². The molecule has 118 valence electrons. The number of benzene rings is 1. The number of hydrogen-bond acceptors (Lipinski definition) is 4. The van der Waals surface area contributed by atoms with Crippen LogP contribution in [-0.4, -0.2) is 41.5 Å². The van der Waals surface area contributed by atoms with Gasteiger partial charge in [0.15, 0.2) is 0 Å². The minimum absolute atomic E-state index is 0.0795. The van der Waals surface area contributed by atoms with E-state index in [-0.39, 0.29) is 17.2 Å². The standard InChI is InChI=1S/C16H19ClFN3O/c1-16(2)9-21-10-19-14(7-15(21)20(16)3)22-8-11-4-5-12(17)13(18)6-11/h4-7H,8-10H2,1-3H3. The Bertz CT molecular complexity index is 657. The number of aliphatic imine (C=N–C) groups is 1. The van der Waals surface area contributed by atoms with E-state index in [1.54, 1.807) is 6.07 Å². The Morgan fingerprint density at radius 1 is 1.41 bits per heavy atom. The largest absolute Gasteiger partial charge is 0.473 e. The molecule has 2 aliphatic heterocycles. The van der Waals surface area contributed by atoms with Crippen LogP contribution >= 0.6 is 11.6 Å². The summed E-state index contributed by atoms with van der Waals surface area (Å²) in [6, 6.07) is 4.67. The zero-order chi connectivity index (χ0) is 15.9. The fourth-order valence-corrected chi connectivity index (χ4v) is 2.79. The second-order valence-electron chi connectivity index (χ2n) is 6.25. The predicted octanol–water partition coefficient (Wildman–Crippen LogP) is 3.23. The maximum Gasteiger partial charge on any atom is 0.214 e. The maximum atomic E-state index is 13.4. The molecular formula is C16H19ClFN3O. The van der Waals surface area contributed by atoms with Crippen molar-refractivity contribution in [3.63, 3.8) is 0 Å². The van der Waals surface area contributed by atoms with Crippen LogP contribution in [0.25, 0.3) is 0 Å². The second kappa shape index (κ2) is 5.47. The zero-order valence-electron chi connectivity index (χ0n) is 12.9. The highest BCUT2D eigenvalue weighted by Crippen LogP contribution is 2.31. The van der Waals surface area contributed by atoms with Crippen LogP contribution in [-0.2, 0) is 11.3 Å². The maximum absolute atomic E-state index is 13.4. The molecule has 0 spiro atoms. The summed E-state index contributed by atoms with van der Waals surface area (Å²) in [5.74, 6) is 1.25. The molecule has 0 aromatic heterocycles. The van der Waals surface area contributed by atoms with Crippen LogP contribution in [0.5, 0.6) is 0 Å². The van der Waals surface area contributed by atoms with E-state index in [4.69, 9.17) is 16.3 Å². The number of hydrogen-bond donors (Lipinski definition) is 0. The van der Waals surface area contributed by atoms with Crippen molar-refractivity contribution in [2.75, 3.05) is 20.3 Å². The molecule has 1 fully saturated rings. The Kier molecular flexibility index (Phi) is 3.77. The van der Waals surface area contributed by atoms with E-state index in [1.165, 1.54) is 12.1 Å². The third-order valence-corrected chi connectivity index (χ3v) is 4.48. The fourth-order valence-electron chi connectivity index (χ4n) is 2.67. The van der Waals surface area contributed by atoms with Gasteiger partial charge in [0, 0.05) is 19.7 Å². The molecule has 1 saturated heterocycles. The summed E-state index contributed by atoms with van der Waals surface area (Å²) in [5, 5.41) is 0.117. The van der Waals surface area contributed by atoms with Crippen molar-refractivity contribution >= 4 is 17.5 Å². The number of nitrogens with zero attached hydrogens (tertiary/aromatic N) is 3. The average Bonchev–Trinajstić information content (AvgIpc) is 2.70. The Hall–Kier alpha value is -1.75. The molecule has 22 heavy (non-hydrogen) atoms. The summed E-state index contributed by atoms with van der Waals surface area (Å²) in [6.07, 6.45) is 1.94. The highest BCUT2D eigenvalue weighted by Gasteiger charge is 2.38. The van der Waals surface area contributed by atoms with Crippen molar-refractivity contribution < 1.29 is 9.13 Å². The number of rotatable bonds is 2. The molecule has 0 radical (unpaired) electrons. The lowest BCUT2D eigenvalue weighted by molar-refractivity contribution is 0.261. The van der Waals surface area contributed by atoms with Gasteiger partial charge in [0.2, 0.25) is 5.90 Å². The highest BCUT2D eigenvalue weighted by atomic mass is 35.5. The van der Waals surface area contributed by atoms with E-state index in [9.17, 15) is 4.39 Å². The average molecular weight is 324 g/mol. The van der Waals surface area contributed by atoms with Crippen molar-refractivity contribution in [1.82, 2.24) is 9.80 Å². The molecule has 0 atom stereocenters. The van der Waals surface area contributed by atoms with Crippen molar-refractivity contribution in [1.29, 1.82) is 0 Å². The Labute approximate surface area is 134 Å². The van der Waals surface area contributed by atoms with Gasteiger partial charge in [-0.1, -0.05) is 17.7 Å². The predicted molar refractivity (Wildman–Crippen MR) is 85.1 cm³/mol. The van der Waals surface area contributed by atoms with Gasteiger partial charge in [-0.2, -0.15) is 0 Å². The molecule has 3 rings (SSSR count). The summed E-state index contributed by atoms with van der Waals surface area (Å²) in [5.41, 5.74) is 0.807. The molecule has 4 nitrogen and oxygen atoms in total. The van der Waals surface area contributed by atoms with E-state index >= 15 is 0 Å². The van der Waals surface area contributed by atoms with Crippen LogP contribution in [0.2, 0.25) is 5.02 Å². The molecule has 1 aromatic rings. The second-order valence-corrected chi connectivity index (χ2v) is 6.65. The van der Waals surface area contributed by atoms with Crippen molar-refractivity contribution in [2.45, 2.75) is 26.0 Å². The van der Waals surface area contributed by atoms with Crippen molar-refractivity contribution in [3.05, 3.63) is 46.5 Å². The summed E-state index contributed by atoms with van der Waals surface area (Å²) in [7, 11) is 2.07. The van der Waals surface area contributed by atoms with E-state index in [2.05, 4.69) is 35.7 Å². The molecular weight excluding hydrogens is 305 g/mol. The number of ether oxygens (including phenoxy) is 1. The first-order valence-electron chi connectivity index (χ1n) is 7.18. The van der Waals surface area contributed by atoms with Crippen LogP contribution in [0, 0.1) is 5.82 Å². The molecule has 0 aliphatic carbocycles. The molecule has 0 bridgehead atoms. The minimum atomic E-state index is -0.435. The van der Waals surface area contributed by atoms with Crippen LogP contribution in [0.4, 0.5) is 4.39 Å². The quantitative estimate of drug-likeness (QED) is 0.836. The minimum Gasteiger partial charge on any atom is -0.473 e. The topological polar surface area (TPSA) is 28.1 Å². The smallest absolute Gasteiger partial charge is 0.214 e. The van der Waals surface area contributed by atoms with Crippen LogP contribution < -0.4 is 0 Å². The van der Waals surface area contributed by atoms with Gasteiger partial charge in [0.1, 0.15) is 24.9 Å². The molecule has 2 aliphatic rings. The molecule has 6 heteroatoms. The lowest BCUT2D eigenvalue weighted by atomic mass is 10.1. The molecule has 1 aromatic carbocycles. The molecule has 0 N–H and O–H groups in total. The number of likely N-dealkylation sites (N-methyl/N-ethyl adjacent to an activating group) is 1. The summed E-state index contributed by atoms with van der Waals surface area (Å²) >= 11 is 5.67. The summed E-state index contributed by atoms with van der Waals surface area (Å²) in [6.45, 7) is 6.19. The van der Waals surface area contributed by atoms with Gasteiger partial charge >= 0.3 is 0 Å². The summed E-state index contributed by atoms with van der Waals surface area (Å²) in [4.78, 5) is 8.87. The van der Waals surface area contributed by atoms with E-state index in [1.807, 2.05) is 6.08 Å². The Morgan fingerprint density at radius 3 is 2.91 bits per heavy atom. The number of halogens is 2. The van der Waals surface area contributed by atoms with Crippen molar-refractivity contribution in [2.24, 2.45) is 4.99 Å². The van der Waals surface area contributed by atoms with Gasteiger partial charge in [-0.25, -0.2) is 9.38 Å². The van der Waals surface area contributed by atoms with Crippen LogP contribution in [0.3, 0.4) is 0 Å². The van der Waals surface area contributed by atoms with Gasteiger partial charge in [0.05, 0.1) is 10.6 Å². The first-order chi connectivity index (χ1) is 10.4. The fraction of sp³-hybridized carbons (Fsp3) is 0.438. The third-order valence-electron chi connectivity index (χ3n) is 4.17. The van der Waals surface area contributed by atoms with Gasteiger partial charge in [-0.3, -0.25) is 0 Å². The normalized spacial score (nSPS) is 19.7. The van der Waals surface area contributed by atoms with Gasteiger partial charge in [-0.15, -0.1) is 0 Å². The molecule has 0 saturated carbocycles. The molecule has 2 heterocycles. The first-order valence-corrected chi connectivity index (χ1v) is 7.56. The van der Waals surface area contributed by atoms with E-state index < -0.39 is 5.82 Å². The monoisotopic (exact) mass is 323 g/mol. The van der Waals surface area contributed by atoms with Crippen LogP contribution in [0.15, 0.2) is 35.1 Å². The van der Waals surface area contributed by atoms with E-state index in [0.29, 0.717) is 12.6 Å². The molecule has 0 unspecified atom stereocenters. The van der Waals surface area contributed by atoms with Crippen LogP contribution in [0.1, 0.15) is 19.4 Å². The Balaban J connectivity index is 1.68. The lowest BCUT2D eigenvalue weighted by Gasteiger charge is -2.28. The lowest BCUT2D eigenvalue weighted by Crippen LogP contribution is -2.36. The number of fused-ring (bicyclic) bond motifs is 1. The first kappa shape index (κ1) is 15.2. The highest BCUT2D eigenvalue weighted by molar-refractivity contribution is 6.30. The van der Waals surface area contributed by atoms with Gasteiger partial charge in [0.25, 0.3) is 0 Å². The van der Waals surface area contributed by atoms with Gasteiger partial charge in [-0.05, 0) is 31.5 Å². The zero-order valence-corrected chi connectivity index (χ0v) is 13.7. The summed E-state index contributed by atoms with van der Waals surface area (Å²) < 4.78 is 19.1. The van der Waals surface area contributed by atoms with Gasteiger partial charge < -0.3 is 14.5 Å². The third kappa shape index (κ3) is 2.77. The van der Waals surface area contributed by atoms with E-state index in [0.717, 1.165) is 17.9 Å². The Morgan fingerprint density at radius 2 is 2.18 bits per heavy atom.